The van der Waals surface area contributed by atoms with Gasteiger partial charge in [0.05, 0.1) is 6.42 Å². The van der Waals surface area contributed by atoms with Crippen LogP contribution in [0.1, 0.15) is 44.1 Å². The Hall–Kier alpha value is -1.88. The fraction of sp³-hybridized carbons (Fsp3) is 0.500. The quantitative estimate of drug-likeness (QED) is 0.751. The molecular weight excluding hydrogens is 268 g/mol. The zero-order valence-corrected chi connectivity index (χ0v) is 12.3. The van der Waals surface area contributed by atoms with E-state index in [2.05, 4.69) is 10.6 Å². The minimum Gasteiger partial charge on any atom is -0.481 e. The number of carboxylic acids is 1. The van der Waals surface area contributed by atoms with Crippen molar-refractivity contribution in [3.05, 3.63) is 29.8 Å². The summed E-state index contributed by atoms with van der Waals surface area (Å²) >= 11 is 0. The van der Waals surface area contributed by atoms with Gasteiger partial charge in [-0.1, -0.05) is 19.1 Å². The Morgan fingerprint density at radius 2 is 2.10 bits per heavy atom. The van der Waals surface area contributed by atoms with E-state index in [0.717, 1.165) is 30.6 Å². The molecular formula is C16H22N2O3. The van der Waals surface area contributed by atoms with Crippen molar-refractivity contribution in [2.75, 3.05) is 11.9 Å². The summed E-state index contributed by atoms with van der Waals surface area (Å²) in [7, 11) is 0. The van der Waals surface area contributed by atoms with Gasteiger partial charge >= 0.3 is 5.97 Å². The van der Waals surface area contributed by atoms with Gasteiger partial charge < -0.3 is 15.7 Å². The summed E-state index contributed by atoms with van der Waals surface area (Å²) in [6.45, 7) is 2.88. The van der Waals surface area contributed by atoms with Crippen molar-refractivity contribution in [3.8, 4) is 0 Å². The molecule has 1 aliphatic rings. The predicted octanol–water partition coefficient (Wildman–Crippen LogP) is 2.35. The molecule has 21 heavy (non-hydrogen) atoms. The highest BCUT2D eigenvalue weighted by atomic mass is 16.4. The molecule has 2 rings (SSSR count). The molecule has 0 saturated carbocycles. The minimum atomic E-state index is -0.802. The van der Waals surface area contributed by atoms with E-state index in [1.165, 1.54) is 0 Å². The Labute approximate surface area is 124 Å². The summed E-state index contributed by atoms with van der Waals surface area (Å²) in [6, 6.07) is 7.69. The SMILES string of the molecule is CC(CC(=O)O)c1ccc(NC(=O)CC2CCCN2)cc1. The van der Waals surface area contributed by atoms with E-state index in [1.807, 2.05) is 31.2 Å². The summed E-state index contributed by atoms with van der Waals surface area (Å²) in [5.74, 6) is -0.820. The van der Waals surface area contributed by atoms with Gasteiger partial charge in [0, 0.05) is 18.2 Å². The maximum atomic E-state index is 11.9. The second-order valence-electron chi connectivity index (χ2n) is 5.67. The van der Waals surface area contributed by atoms with E-state index >= 15 is 0 Å². The van der Waals surface area contributed by atoms with Gasteiger partial charge in [0.25, 0.3) is 0 Å². The molecule has 2 atom stereocenters. The first-order valence-electron chi connectivity index (χ1n) is 7.39. The van der Waals surface area contributed by atoms with E-state index in [9.17, 15) is 9.59 Å². The lowest BCUT2D eigenvalue weighted by Gasteiger charge is -2.12. The number of carbonyl (C=O) groups excluding carboxylic acids is 1. The van der Waals surface area contributed by atoms with Gasteiger partial charge in [-0.25, -0.2) is 0 Å². The monoisotopic (exact) mass is 290 g/mol. The zero-order chi connectivity index (χ0) is 15.2. The number of rotatable bonds is 6. The van der Waals surface area contributed by atoms with Crippen molar-refractivity contribution in [1.29, 1.82) is 0 Å². The Morgan fingerprint density at radius 3 is 2.67 bits per heavy atom. The van der Waals surface area contributed by atoms with Crippen LogP contribution in [0.25, 0.3) is 0 Å². The minimum absolute atomic E-state index is 0.0146. The third-order valence-electron chi connectivity index (χ3n) is 3.84. The lowest BCUT2D eigenvalue weighted by atomic mass is 9.98. The maximum Gasteiger partial charge on any atom is 0.303 e. The van der Waals surface area contributed by atoms with Gasteiger partial charge in [0.15, 0.2) is 0 Å². The van der Waals surface area contributed by atoms with Crippen molar-refractivity contribution in [2.45, 2.75) is 44.6 Å². The Kier molecular flexibility index (Phi) is 5.33. The average molecular weight is 290 g/mol. The molecule has 5 heteroatoms. The lowest BCUT2D eigenvalue weighted by molar-refractivity contribution is -0.137. The molecule has 2 unspecified atom stereocenters. The summed E-state index contributed by atoms with van der Waals surface area (Å²) < 4.78 is 0. The molecule has 0 bridgehead atoms. The molecule has 0 radical (unpaired) electrons. The van der Waals surface area contributed by atoms with Crippen molar-refractivity contribution in [1.82, 2.24) is 5.32 Å². The molecule has 1 aromatic rings. The number of hydrogen-bond donors (Lipinski definition) is 3. The molecule has 0 aromatic heterocycles. The van der Waals surface area contributed by atoms with E-state index in [4.69, 9.17) is 5.11 Å². The number of anilines is 1. The Morgan fingerprint density at radius 1 is 1.38 bits per heavy atom. The molecule has 0 spiro atoms. The number of hydrogen-bond acceptors (Lipinski definition) is 3. The number of carboxylic acid groups (broad SMARTS) is 1. The van der Waals surface area contributed by atoms with Gasteiger partial charge in [-0.05, 0) is 43.0 Å². The first-order valence-corrected chi connectivity index (χ1v) is 7.39. The second-order valence-corrected chi connectivity index (χ2v) is 5.67. The van der Waals surface area contributed by atoms with Crippen LogP contribution in [-0.2, 0) is 9.59 Å². The van der Waals surface area contributed by atoms with Crippen molar-refractivity contribution < 1.29 is 14.7 Å². The normalized spacial score (nSPS) is 19.2. The number of carbonyl (C=O) groups is 2. The molecule has 1 aliphatic heterocycles. The maximum absolute atomic E-state index is 11.9. The Balaban J connectivity index is 1.86. The van der Waals surface area contributed by atoms with Gasteiger partial charge in [-0.3, -0.25) is 9.59 Å². The van der Waals surface area contributed by atoms with Crippen molar-refractivity contribution >= 4 is 17.6 Å². The molecule has 0 aliphatic carbocycles. The first-order chi connectivity index (χ1) is 10.0. The zero-order valence-electron chi connectivity index (χ0n) is 12.3. The van der Waals surface area contributed by atoms with Crippen LogP contribution in [-0.4, -0.2) is 29.6 Å². The Bertz CT molecular complexity index is 493. The van der Waals surface area contributed by atoms with Crippen LogP contribution in [0.4, 0.5) is 5.69 Å². The molecule has 114 valence electrons. The van der Waals surface area contributed by atoms with E-state index in [0.29, 0.717) is 12.5 Å². The number of amides is 1. The predicted molar refractivity (Wildman–Crippen MR) is 81.4 cm³/mol. The smallest absolute Gasteiger partial charge is 0.303 e. The van der Waals surface area contributed by atoms with Crippen LogP contribution in [0.15, 0.2) is 24.3 Å². The van der Waals surface area contributed by atoms with Gasteiger partial charge in [-0.2, -0.15) is 0 Å². The third-order valence-corrected chi connectivity index (χ3v) is 3.84. The fourth-order valence-electron chi connectivity index (χ4n) is 2.64. The highest BCUT2D eigenvalue weighted by Gasteiger charge is 2.17. The molecule has 1 amide bonds. The van der Waals surface area contributed by atoms with Crippen LogP contribution in [0.5, 0.6) is 0 Å². The first kappa shape index (κ1) is 15.5. The van der Waals surface area contributed by atoms with Crippen LogP contribution in [0, 0.1) is 0 Å². The number of nitrogens with one attached hydrogen (secondary N) is 2. The van der Waals surface area contributed by atoms with E-state index in [-0.39, 0.29) is 18.2 Å². The summed E-state index contributed by atoms with van der Waals surface area (Å²) in [5.41, 5.74) is 1.72. The lowest BCUT2D eigenvalue weighted by Crippen LogP contribution is -2.27. The molecule has 1 fully saturated rings. The largest absolute Gasteiger partial charge is 0.481 e. The van der Waals surface area contributed by atoms with Crippen LogP contribution < -0.4 is 10.6 Å². The van der Waals surface area contributed by atoms with Crippen molar-refractivity contribution in [2.24, 2.45) is 0 Å². The molecule has 5 nitrogen and oxygen atoms in total. The van der Waals surface area contributed by atoms with Gasteiger partial charge in [0.1, 0.15) is 0 Å². The van der Waals surface area contributed by atoms with Crippen LogP contribution >= 0.6 is 0 Å². The molecule has 1 aromatic carbocycles. The number of aliphatic carboxylic acids is 1. The average Bonchev–Trinajstić information content (AvgIpc) is 2.91. The van der Waals surface area contributed by atoms with Crippen molar-refractivity contribution in [3.63, 3.8) is 0 Å². The molecule has 1 saturated heterocycles. The second kappa shape index (κ2) is 7.22. The highest BCUT2D eigenvalue weighted by molar-refractivity contribution is 5.91. The molecule has 1 heterocycles. The van der Waals surface area contributed by atoms with Gasteiger partial charge in [-0.15, -0.1) is 0 Å². The standard InChI is InChI=1S/C16H22N2O3/c1-11(9-16(20)21)12-4-6-13(7-5-12)18-15(19)10-14-3-2-8-17-14/h4-7,11,14,17H,2-3,8-10H2,1H3,(H,18,19)(H,20,21). The molecule has 3 N–H and O–H groups in total. The van der Waals surface area contributed by atoms with Crippen LogP contribution in [0.3, 0.4) is 0 Å². The summed E-state index contributed by atoms with van der Waals surface area (Å²) in [6.07, 6.45) is 2.80. The third kappa shape index (κ3) is 4.86. The highest BCUT2D eigenvalue weighted by Crippen LogP contribution is 2.21. The van der Waals surface area contributed by atoms with Gasteiger partial charge in [0.2, 0.25) is 5.91 Å². The van der Waals surface area contributed by atoms with E-state index < -0.39 is 5.97 Å². The summed E-state index contributed by atoms with van der Waals surface area (Å²) in [5, 5.41) is 15.0. The topological polar surface area (TPSA) is 78.4 Å². The van der Waals surface area contributed by atoms with Crippen LogP contribution in [0.2, 0.25) is 0 Å². The van der Waals surface area contributed by atoms with E-state index in [1.54, 1.807) is 0 Å². The fourth-order valence-corrected chi connectivity index (χ4v) is 2.64. The summed E-state index contributed by atoms with van der Waals surface area (Å²) in [4.78, 5) is 22.6. The number of benzene rings is 1.